The normalized spacial score (nSPS) is 17.3. The Balaban J connectivity index is 1.83. The van der Waals surface area contributed by atoms with Gasteiger partial charge in [0.25, 0.3) is 5.91 Å². The van der Waals surface area contributed by atoms with Crippen LogP contribution in [0.15, 0.2) is 76.6 Å². The largest absolute Gasteiger partial charge is 0.508 e. The van der Waals surface area contributed by atoms with Crippen molar-refractivity contribution in [1.29, 1.82) is 0 Å². The molecule has 0 bridgehead atoms. The summed E-state index contributed by atoms with van der Waals surface area (Å²) in [5.74, 6) is -0.381. The Morgan fingerprint density at radius 3 is 2.40 bits per heavy atom. The van der Waals surface area contributed by atoms with E-state index in [4.69, 9.17) is 0 Å². The van der Waals surface area contributed by atoms with Gasteiger partial charge in [0.05, 0.1) is 11.7 Å². The Morgan fingerprint density at radius 2 is 1.72 bits per heavy atom. The van der Waals surface area contributed by atoms with E-state index in [1.54, 1.807) is 18.2 Å². The molecule has 0 aliphatic carbocycles. The zero-order chi connectivity index (χ0) is 17.8. The molecule has 25 heavy (non-hydrogen) atoms. The molecule has 1 aliphatic rings. The van der Waals surface area contributed by atoms with E-state index in [0.717, 1.165) is 11.1 Å². The number of phenols is 1. The number of aliphatic imine (C=N–C) groups is 1. The van der Waals surface area contributed by atoms with Crippen molar-refractivity contribution in [1.82, 2.24) is 5.32 Å². The minimum absolute atomic E-state index is 0.126. The van der Waals surface area contributed by atoms with E-state index in [0.29, 0.717) is 5.70 Å². The molecule has 2 aromatic carbocycles. The molecule has 5 heteroatoms. The number of nitrogens with zero attached hydrogens (tertiary/aromatic N) is 1. The summed E-state index contributed by atoms with van der Waals surface area (Å²) in [5, 5.41) is 22.2. The predicted molar refractivity (Wildman–Crippen MR) is 97.2 cm³/mol. The molecule has 126 valence electrons. The van der Waals surface area contributed by atoms with E-state index in [-0.39, 0.29) is 23.1 Å². The summed E-state index contributed by atoms with van der Waals surface area (Å²) < 4.78 is 0. The Bertz CT molecular complexity index is 866. The average Bonchev–Trinajstić information content (AvgIpc) is 2.89. The van der Waals surface area contributed by atoms with Crippen LogP contribution in [0.4, 0.5) is 0 Å². The molecule has 1 amide bonds. The van der Waals surface area contributed by atoms with Gasteiger partial charge in [0, 0.05) is 6.21 Å². The summed E-state index contributed by atoms with van der Waals surface area (Å²) in [7, 11) is 0. The highest BCUT2D eigenvalue weighted by molar-refractivity contribution is 6.16. The molecule has 0 aromatic heterocycles. The molecule has 1 atom stereocenters. The van der Waals surface area contributed by atoms with Crippen molar-refractivity contribution in [2.45, 2.75) is 13.0 Å². The van der Waals surface area contributed by atoms with Gasteiger partial charge in [0.2, 0.25) is 0 Å². The molecule has 1 unspecified atom stereocenters. The number of amides is 1. The summed E-state index contributed by atoms with van der Waals surface area (Å²) in [6.07, 6.45) is 3.04. The summed E-state index contributed by atoms with van der Waals surface area (Å²) >= 11 is 0. The average molecular weight is 334 g/mol. The van der Waals surface area contributed by atoms with Gasteiger partial charge in [-0.3, -0.25) is 9.79 Å². The molecule has 0 spiro atoms. The van der Waals surface area contributed by atoms with Gasteiger partial charge in [0.1, 0.15) is 11.3 Å². The Kier molecular flexibility index (Phi) is 4.66. The third-order valence-electron chi connectivity index (χ3n) is 3.92. The fourth-order valence-corrected chi connectivity index (χ4v) is 2.47. The molecule has 0 saturated carbocycles. The molecule has 2 aromatic rings. The number of nitrogens with one attached hydrogen (secondary N) is 1. The maximum absolute atomic E-state index is 12.1. The highest BCUT2D eigenvalue weighted by Crippen LogP contribution is 2.22. The number of aliphatic hydroxyl groups excluding tert-OH is 1. The number of hydrogen-bond donors (Lipinski definition) is 3. The maximum atomic E-state index is 12.1. The number of benzene rings is 2. The lowest BCUT2D eigenvalue weighted by Gasteiger charge is -2.05. The molecular weight excluding hydrogens is 316 g/mol. The summed E-state index contributed by atoms with van der Waals surface area (Å²) in [6, 6.07) is 16.0. The van der Waals surface area contributed by atoms with E-state index in [9.17, 15) is 15.0 Å². The van der Waals surface area contributed by atoms with Gasteiger partial charge in [0.15, 0.2) is 5.76 Å². The molecule has 3 rings (SSSR count). The van der Waals surface area contributed by atoms with Crippen LogP contribution in [0.3, 0.4) is 0 Å². The van der Waals surface area contributed by atoms with E-state index in [1.165, 1.54) is 18.3 Å². The van der Waals surface area contributed by atoms with Gasteiger partial charge in [-0.25, -0.2) is 0 Å². The summed E-state index contributed by atoms with van der Waals surface area (Å²) in [5.41, 5.74) is 2.21. The van der Waals surface area contributed by atoms with Crippen LogP contribution in [0.2, 0.25) is 0 Å². The topological polar surface area (TPSA) is 81.9 Å². The van der Waals surface area contributed by atoms with Crippen LogP contribution in [0, 0.1) is 0 Å². The van der Waals surface area contributed by atoms with Crippen molar-refractivity contribution in [3.05, 3.63) is 82.8 Å². The minimum atomic E-state index is -0.397. The van der Waals surface area contributed by atoms with Crippen molar-refractivity contribution in [2.75, 3.05) is 0 Å². The smallest absolute Gasteiger partial charge is 0.261 e. The van der Waals surface area contributed by atoms with Crippen LogP contribution < -0.4 is 5.32 Å². The maximum Gasteiger partial charge on any atom is 0.261 e. The molecule has 5 nitrogen and oxygen atoms in total. The molecule has 0 radical (unpaired) electrons. The predicted octanol–water partition coefficient (Wildman–Crippen LogP) is 3.51. The van der Waals surface area contributed by atoms with Crippen LogP contribution in [-0.4, -0.2) is 22.3 Å². The zero-order valence-electron chi connectivity index (χ0n) is 13.7. The van der Waals surface area contributed by atoms with Gasteiger partial charge in [-0.15, -0.1) is 0 Å². The molecule has 1 aliphatic heterocycles. The fourth-order valence-electron chi connectivity index (χ4n) is 2.47. The zero-order valence-corrected chi connectivity index (χ0v) is 13.7. The van der Waals surface area contributed by atoms with Crippen molar-refractivity contribution in [2.24, 2.45) is 4.99 Å². The van der Waals surface area contributed by atoms with Crippen LogP contribution in [0.1, 0.15) is 24.1 Å². The lowest BCUT2D eigenvalue weighted by atomic mass is 10.1. The number of aliphatic hydroxyl groups is 1. The second-order valence-electron chi connectivity index (χ2n) is 5.73. The standard InChI is InChI=1S/C20H18N2O3/c1-13(15-5-3-2-4-6-15)21-12-17-19(24)18(22-20(17)25)11-14-7-9-16(23)10-8-14/h2-13,23-24H,1H3,(H,22,25). The highest BCUT2D eigenvalue weighted by atomic mass is 16.3. The number of carbonyl (C=O) groups is 1. The molecule has 0 saturated heterocycles. The summed E-state index contributed by atoms with van der Waals surface area (Å²) in [4.78, 5) is 16.5. The van der Waals surface area contributed by atoms with E-state index < -0.39 is 5.91 Å². The van der Waals surface area contributed by atoms with Crippen molar-refractivity contribution < 1.29 is 15.0 Å². The first-order valence-electron chi connectivity index (χ1n) is 7.88. The van der Waals surface area contributed by atoms with Gasteiger partial charge in [-0.1, -0.05) is 42.5 Å². The SMILES string of the molecule is CC(N=CC1=C(O)C(=Cc2ccc(O)cc2)NC1=O)c1ccccc1. The number of carbonyl (C=O) groups excluding carboxylic acids is 1. The number of aromatic hydroxyl groups is 1. The Labute approximate surface area is 145 Å². The van der Waals surface area contributed by atoms with Gasteiger partial charge in [-0.2, -0.15) is 0 Å². The van der Waals surface area contributed by atoms with Crippen molar-refractivity contribution in [3.63, 3.8) is 0 Å². The Hall–Kier alpha value is -3.34. The monoisotopic (exact) mass is 334 g/mol. The summed E-state index contributed by atoms with van der Waals surface area (Å²) in [6.45, 7) is 1.92. The first-order valence-corrected chi connectivity index (χ1v) is 7.88. The second kappa shape index (κ2) is 7.05. The van der Waals surface area contributed by atoms with Gasteiger partial charge in [-0.05, 0) is 36.3 Å². The second-order valence-corrected chi connectivity index (χ2v) is 5.73. The van der Waals surface area contributed by atoms with Crippen LogP contribution in [0.25, 0.3) is 6.08 Å². The van der Waals surface area contributed by atoms with Gasteiger partial charge < -0.3 is 15.5 Å². The first-order chi connectivity index (χ1) is 12.0. The number of rotatable bonds is 4. The van der Waals surface area contributed by atoms with E-state index in [2.05, 4.69) is 10.3 Å². The highest BCUT2D eigenvalue weighted by Gasteiger charge is 2.25. The lowest BCUT2D eigenvalue weighted by Crippen LogP contribution is -2.16. The quantitative estimate of drug-likeness (QED) is 0.748. The van der Waals surface area contributed by atoms with Crippen LogP contribution in [0.5, 0.6) is 5.75 Å². The van der Waals surface area contributed by atoms with E-state index in [1.807, 2.05) is 37.3 Å². The van der Waals surface area contributed by atoms with Gasteiger partial charge >= 0.3 is 0 Å². The molecule has 3 N–H and O–H groups in total. The van der Waals surface area contributed by atoms with Crippen molar-refractivity contribution >= 4 is 18.2 Å². The fraction of sp³-hybridized carbons (Fsp3) is 0.100. The van der Waals surface area contributed by atoms with Crippen molar-refractivity contribution in [3.8, 4) is 5.75 Å². The Morgan fingerprint density at radius 1 is 1.04 bits per heavy atom. The number of hydrogen-bond acceptors (Lipinski definition) is 4. The first kappa shape index (κ1) is 16.5. The molecule has 1 heterocycles. The third-order valence-corrected chi connectivity index (χ3v) is 3.92. The lowest BCUT2D eigenvalue weighted by molar-refractivity contribution is -0.115. The van der Waals surface area contributed by atoms with Crippen LogP contribution >= 0.6 is 0 Å². The van der Waals surface area contributed by atoms with E-state index >= 15 is 0 Å². The molecular formula is C20H18N2O3. The third kappa shape index (κ3) is 3.77. The minimum Gasteiger partial charge on any atom is -0.508 e. The number of phenolic OH excluding ortho intramolecular Hbond substituents is 1. The molecule has 0 fully saturated rings. The van der Waals surface area contributed by atoms with Crippen LogP contribution in [-0.2, 0) is 4.79 Å².